The molecule has 0 radical (unpaired) electrons. The molecule has 0 fully saturated rings. The second-order valence-electron chi connectivity index (χ2n) is 11.5. The summed E-state index contributed by atoms with van der Waals surface area (Å²) < 4.78 is 19.0. The number of ketones is 1. The zero-order chi connectivity index (χ0) is 25.7. The average Bonchev–Trinajstić information content (AvgIpc) is 2.64. The van der Waals surface area contributed by atoms with Gasteiger partial charge in [0.2, 0.25) is 8.32 Å². The molecule has 186 valence electrons. The SMILES string of the molecule is C=C(CC)[C@@H](O[Si](C)(C)C(C)(C)C)[C@H](C)C(=O)[C@H](C)[C@@H](O/C(=C\C)O[Si](C)(C)C)C(=C)C. The van der Waals surface area contributed by atoms with E-state index in [1.54, 1.807) is 0 Å². The van der Waals surface area contributed by atoms with E-state index in [2.05, 4.69) is 73.6 Å². The minimum Gasteiger partial charge on any atom is -0.520 e. The second kappa shape index (κ2) is 11.8. The largest absolute Gasteiger partial charge is 0.520 e. The van der Waals surface area contributed by atoms with Crippen molar-refractivity contribution in [3.8, 4) is 0 Å². The fraction of sp³-hybridized carbons (Fsp3) is 0.731. The molecule has 4 atom stereocenters. The van der Waals surface area contributed by atoms with E-state index < -0.39 is 28.7 Å². The number of ether oxygens (including phenoxy) is 1. The van der Waals surface area contributed by atoms with Gasteiger partial charge < -0.3 is 13.6 Å². The van der Waals surface area contributed by atoms with Crippen molar-refractivity contribution in [2.24, 2.45) is 11.8 Å². The molecule has 0 amide bonds. The van der Waals surface area contributed by atoms with Crippen LogP contribution in [-0.4, -0.2) is 34.6 Å². The molecule has 0 aromatic carbocycles. The van der Waals surface area contributed by atoms with Crippen molar-refractivity contribution in [3.05, 3.63) is 36.3 Å². The van der Waals surface area contributed by atoms with Gasteiger partial charge in [-0.05, 0) is 75.3 Å². The Kier molecular flexibility index (Phi) is 11.4. The maximum absolute atomic E-state index is 13.7. The summed E-state index contributed by atoms with van der Waals surface area (Å²) in [5, 5.41) is 0.0476. The van der Waals surface area contributed by atoms with Gasteiger partial charge in [0.05, 0.1) is 12.0 Å². The maximum atomic E-state index is 13.7. The van der Waals surface area contributed by atoms with E-state index in [-0.39, 0.29) is 22.8 Å². The van der Waals surface area contributed by atoms with Crippen molar-refractivity contribution in [2.75, 3.05) is 0 Å². The van der Waals surface area contributed by atoms with Crippen molar-refractivity contribution >= 4 is 22.4 Å². The van der Waals surface area contributed by atoms with Gasteiger partial charge in [0.15, 0.2) is 8.32 Å². The minimum absolute atomic E-state index is 0.0476. The Bertz CT molecular complexity index is 696. The summed E-state index contributed by atoms with van der Waals surface area (Å²) in [6.45, 7) is 35.5. The third-order valence-electron chi connectivity index (χ3n) is 6.26. The first-order chi connectivity index (χ1) is 14.3. The number of carbonyl (C=O) groups is 1. The van der Waals surface area contributed by atoms with Crippen LogP contribution in [0.15, 0.2) is 36.3 Å². The van der Waals surface area contributed by atoms with Gasteiger partial charge >= 0.3 is 0 Å². The summed E-state index contributed by atoms with van der Waals surface area (Å²) in [5.74, 6) is -0.155. The Balaban J connectivity index is 5.85. The summed E-state index contributed by atoms with van der Waals surface area (Å²) in [7, 11) is -3.93. The van der Waals surface area contributed by atoms with Crippen LogP contribution in [0.25, 0.3) is 0 Å². The highest BCUT2D eigenvalue weighted by atomic mass is 28.4. The van der Waals surface area contributed by atoms with E-state index in [1.165, 1.54) is 0 Å². The van der Waals surface area contributed by atoms with E-state index in [1.807, 2.05) is 33.8 Å². The van der Waals surface area contributed by atoms with Gasteiger partial charge in [-0.3, -0.25) is 4.79 Å². The summed E-state index contributed by atoms with van der Waals surface area (Å²) in [4.78, 5) is 13.7. The Labute approximate surface area is 200 Å². The van der Waals surface area contributed by atoms with Gasteiger partial charge in [-0.15, -0.1) is 0 Å². The van der Waals surface area contributed by atoms with E-state index >= 15 is 0 Å². The molecule has 0 N–H and O–H groups in total. The first kappa shape index (κ1) is 30.9. The van der Waals surface area contributed by atoms with Crippen molar-refractivity contribution in [1.82, 2.24) is 0 Å². The molecule has 4 nitrogen and oxygen atoms in total. The van der Waals surface area contributed by atoms with Crippen molar-refractivity contribution in [3.63, 3.8) is 0 Å². The van der Waals surface area contributed by atoms with Crippen LogP contribution in [-0.2, 0) is 18.4 Å². The van der Waals surface area contributed by atoms with Gasteiger partial charge in [0, 0.05) is 5.92 Å². The highest BCUT2D eigenvalue weighted by Crippen LogP contribution is 2.40. The zero-order valence-electron chi connectivity index (χ0n) is 23.1. The molecule has 0 rings (SSSR count). The van der Waals surface area contributed by atoms with Crippen LogP contribution in [0, 0.1) is 11.8 Å². The van der Waals surface area contributed by atoms with Crippen LogP contribution in [0.5, 0.6) is 0 Å². The average molecular weight is 483 g/mol. The molecular weight excluding hydrogens is 432 g/mol. The van der Waals surface area contributed by atoms with Crippen LogP contribution in [0.1, 0.15) is 61.8 Å². The highest BCUT2D eigenvalue weighted by Gasteiger charge is 2.43. The predicted molar refractivity (Wildman–Crippen MR) is 143 cm³/mol. The topological polar surface area (TPSA) is 44.8 Å². The first-order valence-electron chi connectivity index (χ1n) is 11.9. The molecule has 6 heteroatoms. The first-order valence-corrected chi connectivity index (χ1v) is 18.2. The van der Waals surface area contributed by atoms with E-state index in [4.69, 9.17) is 13.6 Å². The molecule has 0 aliphatic carbocycles. The molecule has 0 saturated heterocycles. The molecule has 0 aliphatic heterocycles. The molecule has 32 heavy (non-hydrogen) atoms. The van der Waals surface area contributed by atoms with Gasteiger partial charge in [0.1, 0.15) is 11.9 Å². The van der Waals surface area contributed by atoms with Crippen molar-refractivity contribution in [2.45, 2.75) is 112 Å². The van der Waals surface area contributed by atoms with Crippen LogP contribution >= 0.6 is 0 Å². The van der Waals surface area contributed by atoms with Gasteiger partial charge in [-0.1, -0.05) is 54.7 Å². The second-order valence-corrected chi connectivity index (χ2v) is 20.7. The standard InChI is InChI=1S/C26H50O4Si2/c1-16-19(5)25(30-32(14,15)26(8,9)10)21(7)23(27)20(6)24(18(3)4)28-22(17-2)29-31(11,12)13/h17,20-21,24-25H,3,5,16H2,1-2,4,6-15H3/b22-17+/t20-,21+,24-,25+/m0/s1. The van der Waals surface area contributed by atoms with Crippen LogP contribution in [0.3, 0.4) is 0 Å². The van der Waals surface area contributed by atoms with Crippen LogP contribution < -0.4 is 0 Å². The molecular formula is C26H50O4Si2. The smallest absolute Gasteiger partial charge is 0.261 e. The monoisotopic (exact) mass is 482 g/mol. The molecule has 0 bridgehead atoms. The number of rotatable bonds is 13. The quantitative estimate of drug-likeness (QED) is 0.152. The minimum atomic E-state index is -2.08. The molecule has 0 aromatic heterocycles. The van der Waals surface area contributed by atoms with E-state index in [0.29, 0.717) is 5.95 Å². The zero-order valence-corrected chi connectivity index (χ0v) is 25.1. The molecule has 0 aliphatic rings. The van der Waals surface area contributed by atoms with E-state index in [0.717, 1.165) is 17.6 Å². The summed E-state index contributed by atoms with van der Waals surface area (Å²) >= 11 is 0. The van der Waals surface area contributed by atoms with E-state index in [9.17, 15) is 4.79 Å². The number of hydrogen-bond acceptors (Lipinski definition) is 4. The third-order valence-corrected chi connectivity index (χ3v) is 11.5. The molecule has 0 aromatic rings. The Morgan fingerprint density at radius 2 is 1.47 bits per heavy atom. The lowest BCUT2D eigenvalue weighted by atomic mass is 9.83. The number of allylic oxidation sites excluding steroid dienone is 1. The Morgan fingerprint density at radius 1 is 1.00 bits per heavy atom. The highest BCUT2D eigenvalue weighted by molar-refractivity contribution is 6.74. The Hall–Kier alpha value is -1.12. The summed E-state index contributed by atoms with van der Waals surface area (Å²) in [6.07, 6.45) is 1.83. The van der Waals surface area contributed by atoms with Gasteiger partial charge in [-0.25, -0.2) is 0 Å². The van der Waals surface area contributed by atoms with Crippen molar-refractivity contribution in [1.29, 1.82) is 0 Å². The molecule has 0 heterocycles. The lowest BCUT2D eigenvalue weighted by Gasteiger charge is -2.42. The Morgan fingerprint density at radius 3 is 1.81 bits per heavy atom. The normalized spacial score (nSPS) is 17.2. The predicted octanol–water partition coefficient (Wildman–Crippen LogP) is 7.86. The summed E-state index contributed by atoms with van der Waals surface area (Å²) in [6, 6.07) is 0. The summed E-state index contributed by atoms with van der Waals surface area (Å²) in [5.41, 5.74) is 1.76. The fourth-order valence-corrected chi connectivity index (χ4v) is 5.28. The third kappa shape index (κ3) is 9.02. The number of carbonyl (C=O) groups excluding carboxylic acids is 1. The van der Waals surface area contributed by atoms with Crippen LogP contribution in [0.2, 0.25) is 37.8 Å². The fourth-order valence-electron chi connectivity index (χ4n) is 3.15. The lowest BCUT2D eigenvalue weighted by molar-refractivity contribution is -0.132. The number of Topliss-reactive ketones (excluding diaryl/α,β-unsaturated/α-hetero) is 1. The van der Waals surface area contributed by atoms with Crippen LogP contribution in [0.4, 0.5) is 0 Å². The molecule has 0 spiro atoms. The lowest BCUT2D eigenvalue weighted by Crippen LogP contribution is -2.48. The van der Waals surface area contributed by atoms with Gasteiger partial charge in [0.25, 0.3) is 5.95 Å². The number of hydrogen-bond donors (Lipinski definition) is 0. The molecule has 0 saturated carbocycles. The molecule has 0 unspecified atom stereocenters. The van der Waals surface area contributed by atoms with Gasteiger partial charge in [-0.2, -0.15) is 0 Å². The van der Waals surface area contributed by atoms with Crippen molar-refractivity contribution < 1.29 is 18.4 Å². The maximum Gasteiger partial charge on any atom is 0.261 e.